The summed E-state index contributed by atoms with van der Waals surface area (Å²) in [4.78, 5) is 2.61. The van der Waals surface area contributed by atoms with Crippen LogP contribution in [0.1, 0.15) is 44.5 Å². The van der Waals surface area contributed by atoms with Crippen molar-refractivity contribution in [2.24, 2.45) is 0 Å². The highest BCUT2D eigenvalue weighted by Gasteiger charge is 2.24. The van der Waals surface area contributed by atoms with E-state index < -0.39 is 0 Å². The molecule has 0 unspecified atom stereocenters. The number of allylic oxidation sites excluding steroid dienone is 1. The number of nitriles is 2. The van der Waals surface area contributed by atoms with Crippen LogP contribution in [0.3, 0.4) is 0 Å². The van der Waals surface area contributed by atoms with Crippen molar-refractivity contribution in [2.75, 3.05) is 13.1 Å². The monoisotopic (exact) mass is 296 g/mol. The van der Waals surface area contributed by atoms with E-state index in [2.05, 4.69) is 29.4 Å². The maximum atomic E-state index is 8.91. The Bertz CT molecular complexity index is 590. The van der Waals surface area contributed by atoms with Gasteiger partial charge in [0.05, 0.1) is 0 Å². The predicted molar refractivity (Wildman–Crippen MR) is 87.9 cm³/mol. The molecule has 0 N–H and O–H groups in total. The lowest BCUT2D eigenvalue weighted by Crippen LogP contribution is -2.41. The zero-order valence-corrected chi connectivity index (χ0v) is 13.5. The van der Waals surface area contributed by atoms with Gasteiger partial charge in [0.1, 0.15) is 17.7 Å². The second-order valence-corrected chi connectivity index (χ2v) is 5.87. The highest BCUT2D eigenvalue weighted by molar-refractivity contribution is 5.60. The van der Waals surface area contributed by atoms with Crippen molar-refractivity contribution in [3.63, 3.8) is 0 Å². The fourth-order valence-electron chi connectivity index (χ4n) is 3.33. The zero-order valence-electron chi connectivity index (χ0n) is 13.5. The molecular formula is C18H24N4. The van der Waals surface area contributed by atoms with E-state index in [0.29, 0.717) is 6.04 Å². The van der Waals surface area contributed by atoms with Crippen LogP contribution in [0.25, 0.3) is 6.08 Å². The van der Waals surface area contributed by atoms with Crippen LogP contribution in [0.5, 0.6) is 0 Å². The van der Waals surface area contributed by atoms with Gasteiger partial charge in [-0.05, 0) is 50.6 Å². The Morgan fingerprint density at radius 3 is 2.55 bits per heavy atom. The molecule has 0 bridgehead atoms. The van der Waals surface area contributed by atoms with Crippen LogP contribution in [-0.2, 0) is 13.0 Å². The Morgan fingerprint density at radius 1 is 1.27 bits per heavy atom. The molecule has 0 aliphatic carbocycles. The third-order valence-corrected chi connectivity index (χ3v) is 4.31. The quantitative estimate of drug-likeness (QED) is 0.756. The first-order valence-electron chi connectivity index (χ1n) is 8.17. The second-order valence-electron chi connectivity index (χ2n) is 5.87. The molecule has 0 radical (unpaired) electrons. The SMILES string of the molecule is CCCN(CCC)[C@@H]1CCn2c(C=C(C#N)C#N)ccc2C1. The van der Waals surface area contributed by atoms with E-state index >= 15 is 0 Å². The summed E-state index contributed by atoms with van der Waals surface area (Å²) in [7, 11) is 0. The number of fused-ring (bicyclic) bond motifs is 1. The lowest BCUT2D eigenvalue weighted by molar-refractivity contribution is 0.167. The molecule has 0 aromatic carbocycles. The van der Waals surface area contributed by atoms with E-state index in [-0.39, 0.29) is 5.57 Å². The number of hydrogen-bond donors (Lipinski definition) is 0. The minimum absolute atomic E-state index is 0.168. The van der Waals surface area contributed by atoms with Crippen molar-refractivity contribution < 1.29 is 0 Å². The second kappa shape index (κ2) is 7.82. The average Bonchev–Trinajstić information content (AvgIpc) is 2.94. The van der Waals surface area contributed by atoms with Gasteiger partial charge in [0.25, 0.3) is 0 Å². The predicted octanol–water partition coefficient (Wildman–Crippen LogP) is 3.36. The summed E-state index contributed by atoms with van der Waals surface area (Å²) in [6.45, 7) is 7.77. The normalized spacial score (nSPS) is 16.7. The van der Waals surface area contributed by atoms with Gasteiger partial charge in [-0.3, -0.25) is 4.90 Å². The lowest BCUT2D eigenvalue weighted by atomic mass is 10.0. The number of aromatic nitrogens is 1. The molecule has 1 aliphatic heterocycles. The smallest absolute Gasteiger partial charge is 0.131 e. The summed E-state index contributed by atoms with van der Waals surface area (Å²) in [6.07, 6.45) is 6.28. The van der Waals surface area contributed by atoms with Crippen molar-refractivity contribution >= 4 is 6.08 Å². The minimum Gasteiger partial charge on any atom is -0.345 e. The molecule has 0 spiro atoms. The van der Waals surface area contributed by atoms with Crippen LogP contribution in [0.2, 0.25) is 0 Å². The first-order chi connectivity index (χ1) is 10.7. The molecule has 1 atom stereocenters. The maximum Gasteiger partial charge on any atom is 0.131 e. The van der Waals surface area contributed by atoms with Crippen molar-refractivity contribution in [3.8, 4) is 12.1 Å². The van der Waals surface area contributed by atoms with Crippen LogP contribution < -0.4 is 0 Å². The molecule has 0 amide bonds. The Kier molecular flexibility index (Phi) is 5.81. The van der Waals surface area contributed by atoms with E-state index in [0.717, 1.165) is 25.1 Å². The van der Waals surface area contributed by atoms with Gasteiger partial charge in [-0.25, -0.2) is 0 Å². The summed E-state index contributed by atoms with van der Waals surface area (Å²) < 4.78 is 2.25. The Balaban J connectivity index is 2.16. The molecule has 116 valence electrons. The van der Waals surface area contributed by atoms with Crippen LogP contribution in [0.15, 0.2) is 17.7 Å². The van der Waals surface area contributed by atoms with Crippen LogP contribution in [-0.4, -0.2) is 28.6 Å². The molecule has 4 heteroatoms. The Hall–Kier alpha value is -2.04. The third-order valence-electron chi connectivity index (χ3n) is 4.31. The summed E-state index contributed by atoms with van der Waals surface area (Å²) in [5.74, 6) is 0. The van der Waals surface area contributed by atoms with Gasteiger partial charge in [0.15, 0.2) is 0 Å². The largest absolute Gasteiger partial charge is 0.345 e. The average molecular weight is 296 g/mol. The van der Waals surface area contributed by atoms with E-state index in [9.17, 15) is 0 Å². The molecule has 1 aliphatic rings. The fourth-order valence-corrected chi connectivity index (χ4v) is 3.33. The van der Waals surface area contributed by atoms with Crippen LogP contribution in [0.4, 0.5) is 0 Å². The molecule has 2 rings (SSSR count). The summed E-state index contributed by atoms with van der Waals surface area (Å²) in [6, 6.07) is 8.65. The van der Waals surface area contributed by atoms with Crippen LogP contribution in [0, 0.1) is 22.7 Å². The van der Waals surface area contributed by atoms with E-state index in [4.69, 9.17) is 10.5 Å². The first kappa shape index (κ1) is 16.3. The topological polar surface area (TPSA) is 55.8 Å². The van der Waals surface area contributed by atoms with Gasteiger partial charge < -0.3 is 4.57 Å². The zero-order chi connectivity index (χ0) is 15.9. The molecule has 0 saturated heterocycles. The molecule has 1 aromatic rings. The van der Waals surface area contributed by atoms with Gasteiger partial charge >= 0.3 is 0 Å². The molecule has 2 heterocycles. The van der Waals surface area contributed by atoms with Crippen LogP contribution >= 0.6 is 0 Å². The van der Waals surface area contributed by atoms with E-state index in [1.807, 2.05) is 18.2 Å². The van der Waals surface area contributed by atoms with E-state index in [1.165, 1.54) is 31.6 Å². The Morgan fingerprint density at radius 2 is 1.95 bits per heavy atom. The van der Waals surface area contributed by atoms with Crippen molar-refractivity contribution in [1.29, 1.82) is 10.5 Å². The first-order valence-corrected chi connectivity index (χ1v) is 8.17. The highest BCUT2D eigenvalue weighted by Crippen LogP contribution is 2.24. The number of rotatable bonds is 6. The standard InChI is InChI=1S/C18H24N4/c1-3-8-21(9-4-2)16-7-10-22-17(5-6-18(22)12-16)11-15(13-19)14-20/h5-6,11,16H,3-4,7-10,12H2,1-2H3/t16-/m1/s1. The molecule has 0 fully saturated rings. The summed E-state index contributed by atoms with van der Waals surface area (Å²) in [5.41, 5.74) is 2.46. The molecule has 1 aromatic heterocycles. The van der Waals surface area contributed by atoms with Crippen molar-refractivity contribution in [1.82, 2.24) is 9.47 Å². The maximum absolute atomic E-state index is 8.91. The van der Waals surface area contributed by atoms with Crippen molar-refractivity contribution in [3.05, 3.63) is 29.1 Å². The highest BCUT2D eigenvalue weighted by atomic mass is 15.2. The number of hydrogen-bond acceptors (Lipinski definition) is 3. The molecule has 22 heavy (non-hydrogen) atoms. The minimum atomic E-state index is 0.168. The van der Waals surface area contributed by atoms with Crippen molar-refractivity contribution in [2.45, 2.75) is 52.1 Å². The third kappa shape index (κ3) is 3.59. The molecule has 4 nitrogen and oxygen atoms in total. The fraction of sp³-hybridized carbons (Fsp3) is 0.556. The van der Waals surface area contributed by atoms with Gasteiger partial charge in [0, 0.05) is 30.4 Å². The lowest BCUT2D eigenvalue weighted by Gasteiger charge is -2.35. The summed E-state index contributed by atoms with van der Waals surface area (Å²) >= 11 is 0. The molecular weight excluding hydrogens is 272 g/mol. The van der Waals surface area contributed by atoms with Gasteiger partial charge in [-0.1, -0.05) is 13.8 Å². The van der Waals surface area contributed by atoms with Gasteiger partial charge in [0.2, 0.25) is 0 Å². The van der Waals surface area contributed by atoms with Gasteiger partial charge in [-0.15, -0.1) is 0 Å². The van der Waals surface area contributed by atoms with Gasteiger partial charge in [-0.2, -0.15) is 10.5 Å². The Labute approximate surface area is 133 Å². The summed E-state index contributed by atoms with van der Waals surface area (Å²) in [5, 5.41) is 17.8. The molecule has 0 saturated carbocycles. The van der Waals surface area contributed by atoms with E-state index in [1.54, 1.807) is 6.08 Å². The number of nitrogens with zero attached hydrogens (tertiary/aromatic N) is 4.